The van der Waals surface area contributed by atoms with Gasteiger partial charge in [-0.15, -0.1) is 0 Å². The number of unbranched alkanes of at least 4 members (excludes halogenated alkanes) is 38. The van der Waals surface area contributed by atoms with Gasteiger partial charge in [0.05, 0.1) is 26.4 Å². The zero-order chi connectivity index (χ0) is 86.5. The van der Waals surface area contributed by atoms with Crippen LogP contribution in [0.3, 0.4) is 0 Å². The second kappa shape index (κ2) is 92.1. The number of phosphoric acid groups is 2. The molecule has 0 aliphatic rings. The van der Waals surface area contributed by atoms with E-state index in [0.29, 0.717) is 19.3 Å². The number of hydrogen-bond acceptors (Lipinski definition) is 14. The third kappa shape index (κ3) is 93.5. The minimum Gasteiger partial charge on any atom is -0.463 e. The van der Waals surface area contributed by atoms with E-state index in [1.165, 1.54) is 167 Å². The van der Waals surface area contributed by atoms with E-state index in [2.05, 4.69) is 191 Å². The smallest absolute Gasteiger partial charge is 0.463 e. The van der Waals surface area contributed by atoms with Crippen molar-refractivity contribution in [2.45, 2.75) is 411 Å². The summed E-state index contributed by atoms with van der Waals surface area (Å²) < 4.78 is 61.5. The van der Waals surface area contributed by atoms with Gasteiger partial charge in [0, 0.05) is 19.3 Å². The molecule has 0 aromatic carbocycles. The van der Waals surface area contributed by atoms with Gasteiger partial charge in [-0.3, -0.25) is 32.5 Å². The molecule has 0 amide bonds. The normalized spacial score (nSPS) is 14.5. The van der Waals surface area contributed by atoms with Crippen molar-refractivity contribution in [1.82, 2.24) is 0 Å². The number of aliphatic hydroxyl groups excluding tert-OH is 2. The highest BCUT2D eigenvalue weighted by Gasteiger charge is 2.30. The van der Waals surface area contributed by atoms with Gasteiger partial charge in [-0.05, 0) is 154 Å². The second-order valence-electron chi connectivity index (χ2n) is 31.4. The summed E-state index contributed by atoms with van der Waals surface area (Å²) in [5.41, 5.74) is 0. The molecule has 5 atom stereocenters. The molecule has 0 spiro atoms. The molecule has 0 bridgehead atoms. The van der Waals surface area contributed by atoms with Gasteiger partial charge in [0.15, 0.2) is 6.10 Å². The van der Waals surface area contributed by atoms with E-state index in [9.17, 15) is 43.5 Å². The van der Waals surface area contributed by atoms with Crippen molar-refractivity contribution in [3.05, 3.63) is 170 Å². The van der Waals surface area contributed by atoms with Crippen LogP contribution in [0.5, 0.6) is 0 Å². The number of phosphoric ester groups is 2. The van der Waals surface area contributed by atoms with Gasteiger partial charge in [0.25, 0.3) is 0 Å². The zero-order valence-electron chi connectivity index (χ0n) is 75.2. The number of allylic oxidation sites excluding steroid dienone is 28. The van der Waals surface area contributed by atoms with E-state index in [1.807, 2.05) is 0 Å². The standard InChI is InChI=1S/C101H172O16P2/c1-4-7-10-13-16-19-22-25-28-31-34-37-40-43-44-45-46-47-48-49-50-53-55-57-60-63-66-69-72-75-78-81-84-87-99(104)111-90-96(102)91-113-118(107,108)114-92-97(103)93-115-119(109,110)116-95-98(117-101(106)89-86-83-80-77-74-71-68-65-62-59-56-52-42-39-36-33-30-27-24-21-18-15-12-9-6-3)94-112-100(105)88-85-82-79-76-73-70-67-64-61-58-54-51-41-38-35-32-29-26-23-20-17-14-11-8-5-2/h8-9,11-12,16-21,25-30,34-39,43-44,51-52,54,56,96-98,102-103H,4-7,10,13-15,22-24,31-33,40-42,45-50,53,55,57-95H2,1-3H3,(H,107,108)(H,109,110)/b11-8-,12-9-,19-16-,20-17-,21-18-,28-25-,29-26-,30-27-,37-34-,38-35-,39-36-,44-43-,54-51-,56-52-. The van der Waals surface area contributed by atoms with E-state index in [0.717, 1.165) is 167 Å². The largest absolute Gasteiger partial charge is 0.472 e. The van der Waals surface area contributed by atoms with Crippen molar-refractivity contribution >= 4 is 33.6 Å². The molecular weight excluding hydrogens is 1530 g/mol. The van der Waals surface area contributed by atoms with Gasteiger partial charge in [0.2, 0.25) is 0 Å². The molecule has 682 valence electrons. The van der Waals surface area contributed by atoms with Crippen LogP contribution in [0.25, 0.3) is 0 Å². The molecule has 0 saturated carbocycles. The minimum atomic E-state index is -4.95. The van der Waals surface area contributed by atoms with Crippen molar-refractivity contribution in [2.24, 2.45) is 0 Å². The van der Waals surface area contributed by atoms with Crippen LogP contribution in [0, 0.1) is 0 Å². The summed E-state index contributed by atoms with van der Waals surface area (Å²) in [5.74, 6) is -1.58. The molecular formula is C101H172O16P2. The summed E-state index contributed by atoms with van der Waals surface area (Å²) in [7, 11) is -9.82. The topological polar surface area (TPSA) is 231 Å². The fraction of sp³-hybridized carbons (Fsp3) is 0.693. The van der Waals surface area contributed by atoms with Crippen molar-refractivity contribution in [2.75, 3.05) is 39.6 Å². The Morgan fingerprint density at radius 1 is 0.244 bits per heavy atom. The van der Waals surface area contributed by atoms with E-state index in [1.54, 1.807) is 0 Å². The van der Waals surface area contributed by atoms with E-state index in [4.69, 9.17) is 32.3 Å². The predicted molar refractivity (Wildman–Crippen MR) is 500 cm³/mol. The average Bonchev–Trinajstić information content (AvgIpc) is 0.899. The van der Waals surface area contributed by atoms with Gasteiger partial charge in [-0.25, -0.2) is 9.13 Å². The lowest BCUT2D eigenvalue weighted by atomic mass is 10.0. The predicted octanol–water partition coefficient (Wildman–Crippen LogP) is 29.4. The Kier molecular flexibility index (Phi) is 88.2. The summed E-state index contributed by atoms with van der Waals surface area (Å²) in [6.07, 6.45) is 120. The Labute approximate surface area is 726 Å². The highest BCUT2D eigenvalue weighted by atomic mass is 31.2. The molecule has 0 aliphatic heterocycles. The summed E-state index contributed by atoms with van der Waals surface area (Å²) in [6, 6.07) is 0. The van der Waals surface area contributed by atoms with E-state index < -0.39 is 91.5 Å². The first-order valence-corrected chi connectivity index (χ1v) is 50.4. The number of rotatable bonds is 89. The third-order valence-electron chi connectivity index (χ3n) is 19.9. The van der Waals surface area contributed by atoms with Crippen LogP contribution < -0.4 is 0 Å². The zero-order valence-corrected chi connectivity index (χ0v) is 77.0. The Bertz CT molecular complexity index is 2840. The van der Waals surface area contributed by atoms with Gasteiger partial charge in [0.1, 0.15) is 25.4 Å². The SMILES string of the molecule is CC/C=C\C/C=C\C/C=C\C/C=C\C/C=C\CCCCCCCCCCCC(=O)OCC(COP(=O)(O)OCC(O)COP(=O)(O)OCC(O)COC(=O)CCCCCCCCCCCCCCCCCCC/C=C\C/C=C\C/C=C\C/C=C\CCCCC)OC(=O)CCCCCCCCCCC/C=C\C/C=C\C/C=C\C/C=C\C/C=C\CC. The number of esters is 3. The summed E-state index contributed by atoms with van der Waals surface area (Å²) in [6.45, 7) is 2.46. The molecule has 5 unspecified atom stereocenters. The van der Waals surface area contributed by atoms with Crippen LogP contribution in [0.15, 0.2) is 170 Å². The first-order valence-electron chi connectivity index (χ1n) is 47.4. The first kappa shape index (κ1) is 114. The number of hydrogen-bond donors (Lipinski definition) is 4. The second-order valence-corrected chi connectivity index (χ2v) is 34.3. The Morgan fingerprint density at radius 2 is 0.445 bits per heavy atom. The summed E-state index contributed by atoms with van der Waals surface area (Å²) in [5, 5.41) is 20.8. The summed E-state index contributed by atoms with van der Waals surface area (Å²) >= 11 is 0. The molecule has 0 heterocycles. The monoisotopic (exact) mass is 1700 g/mol. The van der Waals surface area contributed by atoms with Gasteiger partial charge >= 0.3 is 33.6 Å². The maximum absolute atomic E-state index is 13.1. The number of ether oxygens (including phenoxy) is 3. The number of carbonyl (C=O) groups is 3. The molecule has 0 aromatic heterocycles. The Balaban J connectivity index is 4.60. The van der Waals surface area contributed by atoms with Crippen molar-refractivity contribution in [3.8, 4) is 0 Å². The summed E-state index contributed by atoms with van der Waals surface area (Å²) in [4.78, 5) is 59.1. The van der Waals surface area contributed by atoms with Crippen LogP contribution in [-0.2, 0) is 55.8 Å². The third-order valence-corrected chi connectivity index (χ3v) is 21.8. The van der Waals surface area contributed by atoms with Crippen LogP contribution in [0.1, 0.15) is 393 Å². The fourth-order valence-electron chi connectivity index (χ4n) is 12.8. The van der Waals surface area contributed by atoms with E-state index in [-0.39, 0.29) is 19.3 Å². The van der Waals surface area contributed by atoms with Crippen LogP contribution >= 0.6 is 15.6 Å². The van der Waals surface area contributed by atoms with Gasteiger partial charge < -0.3 is 34.2 Å². The lowest BCUT2D eigenvalue weighted by molar-refractivity contribution is -0.161. The number of aliphatic hydroxyl groups is 2. The van der Waals surface area contributed by atoms with Crippen LogP contribution in [0.2, 0.25) is 0 Å². The fourth-order valence-corrected chi connectivity index (χ4v) is 14.4. The molecule has 0 saturated heterocycles. The highest BCUT2D eigenvalue weighted by Crippen LogP contribution is 2.45. The lowest BCUT2D eigenvalue weighted by Crippen LogP contribution is -2.30. The Hall–Kier alpha value is -5.09. The molecule has 119 heavy (non-hydrogen) atoms. The first-order chi connectivity index (χ1) is 58.2. The van der Waals surface area contributed by atoms with E-state index >= 15 is 0 Å². The molecule has 0 aliphatic carbocycles. The quantitative estimate of drug-likeness (QED) is 0.0146. The molecule has 0 rings (SSSR count). The molecule has 16 nitrogen and oxygen atoms in total. The average molecular weight is 1700 g/mol. The maximum Gasteiger partial charge on any atom is 0.472 e. The minimum absolute atomic E-state index is 0.0907. The van der Waals surface area contributed by atoms with Crippen molar-refractivity contribution in [1.29, 1.82) is 0 Å². The van der Waals surface area contributed by atoms with Crippen molar-refractivity contribution < 1.29 is 75.8 Å². The molecule has 0 fully saturated rings. The Morgan fingerprint density at radius 3 is 0.706 bits per heavy atom. The highest BCUT2D eigenvalue weighted by molar-refractivity contribution is 7.47. The molecule has 0 radical (unpaired) electrons. The van der Waals surface area contributed by atoms with Crippen molar-refractivity contribution in [3.63, 3.8) is 0 Å². The maximum atomic E-state index is 13.1. The molecule has 18 heteroatoms. The molecule has 4 N–H and O–H groups in total. The van der Waals surface area contributed by atoms with Crippen LogP contribution in [-0.4, -0.2) is 95.9 Å². The molecule has 0 aromatic rings. The van der Waals surface area contributed by atoms with Crippen LogP contribution in [0.4, 0.5) is 0 Å². The van der Waals surface area contributed by atoms with Gasteiger partial charge in [-0.2, -0.15) is 0 Å². The number of carbonyl (C=O) groups excluding carboxylic acids is 3. The lowest BCUT2D eigenvalue weighted by Gasteiger charge is -2.21. The van der Waals surface area contributed by atoms with Gasteiger partial charge in [-0.1, -0.05) is 390 Å².